The molecule has 2 rings (SSSR count). The van der Waals surface area contributed by atoms with Gasteiger partial charge in [0.25, 0.3) is 0 Å². The van der Waals surface area contributed by atoms with Gasteiger partial charge in [-0.3, -0.25) is 0 Å². The lowest BCUT2D eigenvalue weighted by molar-refractivity contribution is 0.0241. The summed E-state index contributed by atoms with van der Waals surface area (Å²) in [5, 5.41) is 9.35. The Morgan fingerprint density at radius 2 is 1.84 bits per heavy atom. The van der Waals surface area contributed by atoms with E-state index in [-0.39, 0.29) is 6.10 Å². The van der Waals surface area contributed by atoms with Crippen molar-refractivity contribution in [1.82, 2.24) is 4.90 Å². The average molecular weight is 268 g/mol. The lowest BCUT2D eigenvalue weighted by atomic mass is 9.76. The molecule has 0 amide bonds. The lowest BCUT2D eigenvalue weighted by Gasteiger charge is -2.39. The summed E-state index contributed by atoms with van der Waals surface area (Å²) in [5.41, 5.74) is 6.32. The molecule has 3 nitrogen and oxygen atoms in total. The Kier molecular flexibility index (Phi) is 5.67. The van der Waals surface area contributed by atoms with Gasteiger partial charge in [-0.1, -0.05) is 19.8 Å². The van der Waals surface area contributed by atoms with E-state index in [0.717, 1.165) is 31.8 Å². The van der Waals surface area contributed by atoms with Crippen LogP contribution in [0.2, 0.25) is 0 Å². The first-order chi connectivity index (χ1) is 9.08. The Hall–Kier alpha value is -0.120. The molecule has 2 saturated carbocycles. The first kappa shape index (κ1) is 15.3. The van der Waals surface area contributed by atoms with E-state index in [2.05, 4.69) is 18.9 Å². The first-order valence-corrected chi connectivity index (χ1v) is 8.20. The van der Waals surface area contributed by atoms with Crippen molar-refractivity contribution in [2.45, 2.75) is 64.0 Å². The van der Waals surface area contributed by atoms with Crippen molar-refractivity contribution < 1.29 is 5.11 Å². The number of hydrogen-bond donors (Lipinski definition) is 2. The van der Waals surface area contributed by atoms with E-state index in [0.29, 0.717) is 17.9 Å². The van der Waals surface area contributed by atoms with Crippen LogP contribution in [0, 0.1) is 17.8 Å². The standard InChI is InChI=1S/C16H32N2O/c1-3-4-12-5-6-16(17)14(7-12)11-18(2)10-13-8-15(19)9-13/h12-16,19H,3-11,17H2,1-2H3. The molecule has 2 aliphatic carbocycles. The van der Waals surface area contributed by atoms with Crippen LogP contribution >= 0.6 is 0 Å². The van der Waals surface area contributed by atoms with Gasteiger partial charge in [0.15, 0.2) is 0 Å². The van der Waals surface area contributed by atoms with Gasteiger partial charge in [0.1, 0.15) is 0 Å². The fourth-order valence-electron chi connectivity index (χ4n) is 4.03. The van der Waals surface area contributed by atoms with Gasteiger partial charge < -0.3 is 15.7 Å². The molecule has 0 aromatic heterocycles. The van der Waals surface area contributed by atoms with Crippen LogP contribution in [0.5, 0.6) is 0 Å². The summed E-state index contributed by atoms with van der Waals surface area (Å²) in [6.07, 6.45) is 8.54. The summed E-state index contributed by atoms with van der Waals surface area (Å²) in [4.78, 5) is 2.45. The van der Waals surface area contributed by atoms with Crippen LogP contribution in [0.3, 0.4) is 0 Å². The van der Waals surface area contributed by atoms with Crippen LogP contribution in [0.25, 0.3) is 0 Å². The van der Waals surface area contributed by atoms with Crippen molar-refractivity contribution in [3.63, 3.8) is 0 Å². The van der Waals surface area contributed by atoms with Gasteiger partial charge >= 0.3 is 0 Å². The fraction of sp³-hybridized carbons (Fsp3) is 1.00. The maximum Gasteiger partial charge on any atom is 0.0546 e. The van der Waals surface area contributed by atoms with E-state index in [1.165, 1.54) is 32.1 Å². The van der Waals surface area contributed by atoms with Gasteiger partial charge in [0, 0.05) is 19.1 Å². The van der Waals surface area contributed by atoms with Crippen molar-refractivity contribution in [2.24, 2.45) is 23.5 Å². The topological polar surface area (TPSA) is 49.5 Å². The zero-order valence-corrected chi connectivity index (χ0v) is 12.7. The van der Waals surface area contributed by atoms with Crippen LogP contribution in [0.1, 0.15) is 51.9 Å². The highest BCUT2D eigenvalue weighted by molar-refractivity contribution is 4.86. The predicted molar refractivity (Wildman–Crippen MR) is 79.9 cm³/mol. The molecule has 2 aliphatic rings. The smallest absolute Gasteiger partial charge is 0.0546 e. The molecule has 0 aromatic carbocycles. The Morgan fingerprint density at radius 1 is 1.11 bits per heavy atom. The average Bonchev–Trinajstić information content (AvgIpc) is 2.32. The summed E-state index contributed by atoms with van der Waals surface area (Å²) in [6.45, 7) is 4.57. The monoisotopic (exact) mass is 268 g/mol. The maximum atomic E-state index is 9.35. The molecule has 0 spiro atoms. The second-order valence-corrected chi connectivity index (χ2v) is 7.10. The molecule has 0 aromatic rings. The van der Waals surface area contributed by atoms with E-state index in [4.69, 9.17) is 5.73 Å². The van der Waals surface area contributed by atoms with E-state index in [1.54, 1.807) is 0 Å². The Balaban J connectivity index is 1.72. The Morgan fingerprint density at radius 3 is 2.47 bits per heavy atom. The third-order valence-corrected chi connectivity index (χ3v) is 5.17. The van der Waals surface area contributed by atoms with Crippen LogP contribution < -0.4 is 5.73 Å². The van der Waals surface area contributed by atoms with E-state index in [9.17, 15) is 5.11 Å². The van der Waals surface area contributed by atoms with Crippen LogP contribution in [0.15, 0.2) is 0 Å². The number of hydrogen-bond acceptors (Lipinski definition) is 3. The fourth-order valence-corrected chi connectivity index (χ4v) is 4.03. The zero-order valence-electron chi connectivity index (χ0n) is 12.7. The molecule has 3 heteroatoms. The van der Waals surface area contributed by atoms with Crippen LogP contribution in [-0.4, -0.2) is 42.3 Å². The van der Waals surface area contributed by atoms with Gasteiger partial charge in [0.2, 0.25) is 0 Å². The van der Waals surface area contributed by atoms with Crippen molar-refractivity contribution >= 4 is 0 Å². The molecule has 19 heavy (non-hydrogen) atoms. The third kappa shape index (κ3) is 4.44. The second-order valence-electron chi connectivity index (χ2n) is 7.10. The number of aliphatic hydroxyl groups excluding tert-OH is 1. The Labute approximate surface area is 118 Å². The predicted octanol–water partition coefficient (Wildman–Crippen LogP) is 2.23. The van der Waals surface area contributed by atoms with E-state index >= 15 is 0 Å². The largest absolute Gasteiger partial charge is 0.393 e. The first-order valence-electron chi connectivity index (χ1n) is 8.20. The molecule has 3 N–H and O–H groups in total. The minimum Gasteiger partial charge on any atom is -0.393 e. The number of nitrogens with zero attached hydrogens (tertiary/aromatic N) is 1. The lowest BCUT2D eigenvalue weighted by Crippen LogP contribution is -2.44. The number of nitrogens with two attached hydrogens (primary N) is 1. The normalized spacial score (nSPS) is 39.3. The molecular weight excluding hydrogens is 236 g/mol. The molecule has 0 bridgehead atoms. The molecule has 0 aliphatic heterocycles. The second kappa shape index (κ2) is 7.05. The highest BCUT2D eigenvalue weighted by Gasteiger charge is 2.31. The van der Waals surface area contributed by atoms with Crippen molar-refractivity contribution in [2.75, 3.05) is 20.1 Å². The molecule has 3 unspecified atom stereocenters. The summed E-state index contributed by atoms with van der Waals surface area (Å²) >= 11 is 0. The molecule has 2 fully saturated rings. The van der Waals surface area contributed by atoms with Crippen molar-refractivity contribution in [3.8, 4) is 0 Å². The summed E-state index contributed by atoms with van der Waals surface area (Å²) in [6, 6.07) is 0.405. The van der Waals surface area contributed by atoms with Crippen molar-refractivity contribution in [3.05, 3.63) is 0 Å². The Bertz CT molecular complexity index is 265. The minimum atomic E-state index is -0.0238. The quantitative estimate of drug-likeness (QED) is 0.776. The highest BCUT2D eigenvalue weighted by Crippen LogP contribution is 2.33. The zero-order chi connectivity index (χ0) is 13.8. The van der Waals surface area contributed by atoms with E-state index < -0.39 is 0 Å². The maximum absolute atomic E-state index is 9.35. The molecule has 0 radical (unpaired) electrons. The molecule has 0 heterocycles. The number of rotatable bonds is 6. The highest BCUT2D eigenvalue weighted by atomic mass is 16.3. The third-order valence-electron chi connectivity index (χ3n) is 5.17. The van der Waals surface area contributed by atoms with Crippen molar-refractivity contribution in [1.29, 1.82) is 0 Å². The van der Waals surface area contributed by atoms with Gasteiger partial charge in [0.05, 0.1) is 6.10 Å². The van der Waals surface area contributed by atoms with Gasteiger partial charge in [-0.05, 0) is 56.9 Å². The molecule has 112 valence electrons. The summed E-state index contributed by atoms with van der Waals surface area (Å²) in [5.74, 6) is 2.31. The van der Waals surface area contributed by atoms with Crippen LogP contribution in [-0.2, 0) is 0 Å². The summed E-state index contributed by atoms with van der Waals surface area (Å²) in [7, 11) is 2.22. The summed E-state index contributed by atoms with van der Waals surface area (Å²) < 4.78 is 0. The number of aliphatic hydroxyl groups is 1. The molecular formula is C16H32N2O. The SMILES string of the molecule is CCCC1CCC(N)C(CN(C)CC2CC(O)C2)C1. The van der Waals surface area contributed by atoms with E-state index in [1.807, 2.05) is 0 Å². The molecule has 3 atom stereocenters. The minimum absolute atomic E-state index is 0.0238. The van der Waals surface area contributed by atoms with Gasteiger partial charge in [-0.15, -0.1) is 0 Å². The van der Waals surface area contributed by atoms with Gasteiger partial charge in [-0.25, -0.2) is 0 Å². The van der Waals surface area contributed by atoms with Crippen LogP contribution in [0.4, 0.5) is 0 Å². The van der Waals surface area contributed by atoms with Gasteiger partial charge in [-0.2, -0.15) is 0 Å². The molecule has 0 saturated heterocycles.